The summed E-state index contributed by atoms with van der Waals surface area (Å²) in [6.07, 6.45) is -0.383. The smallest absolute Gasteiger partial charge is 0.293 e. The van der Waals surface area contributed by atoms with Crippen LogP contribution in [0.3, 0.4) is 0 Å². The van der Waals surface area contributed by atoms with Gasteiger partial charge in [-0.1, -0.05) is 11.0 Å². The van der Waals surface area contributed by atoms with Gasteiger partial charge < -0.3 is 15.3 Å². The van der Waals surface area contributed by atoms with Gasteiger partial charge in [0.25, 0.3) is 5.89 Å². The summed E-state index contributed by atoms with van der Waals surface area (Å²) in [4.78, 5) is 0. The molecule has 0 bridgehead atoms. The van der Waals surface area contributed by atoms with Crippen molar-refractivity contribution in [3.05, 3.63) is 11.8 Å². The third-order valence-corrected chi connectivity index (χ3v) is 1.40. The molecule has 0 aliphatic rings. The van der Waals surface area contributed by atoms with E-state index in [4.69, 9.17) is 10.2 Å². The zero-order valence-electron chi connectivity index (χ0n) is 7.32. The predicted octanol–water partition coefficient (Wildman–Crippen LogP) is -0.177. The second-order valence-corrected chi connectivity index (χ2v) is 2.41. The Hall–Kier alpha value is -1.38. The van der Waals surface area contributed by atoms with Crippen LogP contribution in [0.2, 0.25) is 0 Å². The molecule has 0 amide bonds. The van der Waals surface area contributed by atoms with Gasteiger partial charge >= 0.3 is 0 Å². The van der Waals surface area contributed by atoms with E-state index in [1.807, 2.05) is 0 Å². The summed E-state index contributed by atoms with van der Waals surface area (Å²) in [6, 6.07) is 0. The van der Waals surface area contributed by atoms with Crippen molar-refractivity contribution in [3.63, 3.8) is 0 Å². The van der Waals surface area contributed by atoms with Crippen LogP contribution in [0.4, 0.5) is 0 Å². The quantitative estimate of drug-likeness (QED) is 0.632. The number of hydrogen-bond donors (Lipinski definition) is 2. The van der Waals surface area contributed by atoms with Gasteiger partial charge in [-0.3, -0.25) is 0 Å². The molecule has 0 aliphatic heterocycles. The van der Waals surface area contributed by atoms with Gasteiger partial charge in [0, 0.05) is 0 Å². The molecular formula is C8H11N3O2. The second-order valence-electron chi connectivity index (χ2n) is 2.41. The fourth-order valence-electron chi connectivity index (χ4n) is 0.808. The van der Waals surface area contributed by atoms with Crippen molar-refractivity contribution < 1.29 is 9.52 Å². The Morgan fingerprint density at radius 3 is 3.00 bits per heavy atom. The highest BCUT2D eigenvalue weighted by Gasteiger charge is 2.13. The second kappa shape index (κ2) is 4.60. The predicted molar refractivity (Wildman–Crippen MR) is 45.5 cm³/mol. The van der Waals surface area contributed by atoms with Gasteiger partial charge in [-0.05, 0) is 25.8 Å². The summed E-state index contributed by atoms with van der Waals surface area (Å²) in [5.74, 6) is 5.59. The lowest BCUT2D eigenvalue weighted by Crippen LogP contribution is -2.06. The van der Waals surface area contributed by atoms with E-state index in [1.165, 1.54) is 0 Å². The maximum absolute atomic E-state index is 9.38. The van der Waals surface area contributed by atoms with Gasteiger partial charge in [0.15, 0.2) is 0 Å². The largest absolute Gasteiger partial charge is 0.412 e. The van der Waals surface area contributed by atoms with Crippen molar-refractivity contribution >= 4 is 0 Å². The molecule has 0 aromatic carbocycles. The lowest BCUT2D eigenvalue weighted by molar-refractivity contribution is 0.136. The first-order valence-electron chi connectivity index (χ1n) is 3.92. The Balaban J connectivity index is 2.71. The van der Waals surface area contributed by atoms with E-state index in [2.05, 4.69) is 22.0 Å². The van der Waals surface area contributed by atoms with Crippen LogP contribution in [-0.2, 0) is 0 Å². The molecule has 0 aliphatic carbocycles. The van der Waals surface area contributed by atoms with Crippen LogP contribution in [0.15, 0.2) is 4.42 Å². The van der Waals surface area contributed by atoms with Crippen molar-refractivity contribution in [1.82, 2.24) is 10.2 Å². The lowest BCUT2D eigenvalue weighted by atomic mass is 10.2. The Morgan fingerprint density at radius 1 is 1.62 bits per heavy atom. The topological polar surface area (TPSA) is 85.2 Å². The fourth-order valence-corrected chi connectivity index (χ4v) is 0.808. The Morgan fingerprint density at radius 2 is 2.38 bits per heavy atom. The van der Waals surface area contributed by atoms with Gasteiger partial charge in [-0.2, -0.15) is 0 Å². The van der Waals surface area contributed by atoms with Crippen LogP contribution in [0.25, 0.3) is 0 Å². The number of hydrogen-bond acceptors (Lipinski definition) is 5. The molecule has 0 fully saturated rings. The number of aromatic nitrogens is 2. The number of rotatable bonds is 3. The first kappa shape index (κ1) is 9.71. The van der Waals surface area contributed by atoms with Crippen LogP contribution in [0.5, 0.6) is 0 Å². The summed E-state index contributed by atoms with van der Waals surface area (Å²) in [5.41, 5.74) is 5.25. The summed E-state index contributed by atoms with van der Waals surface area (Å²) < 4.78 is 5.04. The Bertz CT molecular complexity index is 324. The first-order valence-corrected chi connectivity index (χ1v) is 3.92. The van der Waals surface area contributed by atoms with Crippen LogP contribution in [0.1, 0.15) is 31.2 Å². The van der Waals surface area contributed by atoms with Crippen molar-refractivity contribution in [2.45, 2.75) is 19.4 Å². The summed E-state index contributed by atoms with van der Waals surface area (Å²) in [6.45, 7) is 2.04. The normalized spacial score (nSPS) is 11.9. The minimum Gasteiger partial charge on any atom is -0.412 e. The maximum atomic E-state index is 9.38. The first-order chi connectivity index (χ1) is 6.27. The molecule has 1 rings (SSSR count). The molecule has 1 atom stereocenters. The summed E-state index contributed by atoms with van der Waals surface area (Å²) in [7, 11) is 0. The van der Waals surface area contributed by atoms with Crippen molar-refractivity contribution in [3.8, 4) is 11.8 Å². The van der Waals surface area contributed by atoms with Crippen LogP contribution in [-0.4, -0.2) is 21.8 Å². The summed E-state index contributed by atoms with van der Waals surface area (Å²) >= 11 is 0. The molecule has 0 unspecified atom stereocenters. The lowest BCUT2D eigenvalue weighted by Gasteiger charge is -2.00. The monoisotopic (exact) mass is 181 g/mol. The molecule has 0 spiro atoms. The zero-order valence-corrected chi connectivity index (χ0v) is 7.32. The van der Waals surface area contributed by atoms with Crippen LogP contribution >= 0.6 is 0 Å². The highest BCUT2D eigenvalue weighted by atomic mass is 16.4. The van der Waals surface area contributed by atoms with E-state index in [-0.39, 0.29) is 11.8 Å². The van der Waals surface area contributed by atoms with E-state index < -0.39 is 6.10 Å². The molecule has 1 aromatic rings. The SMILES string of the molecule is CC#Cc1nnc([C@@H](O)CCN)o1. The molecule has 13 heavy (non-hydrogen) atoms. The minimum absolute atomic E-state index is 0.170. The van der Waals surface area contributed by atoms with Crippen molar-refractivity contribution in [1.29, 1.82) is 0 Å². The van der Waals surface area contributed by atoms with Gasteiger partial charge in [0.1, 0.15) is 6.10 Å². The molecule has 1 heterocycles. The summed E-state index contributed by atoms with van der Waals surface area (Å²) in [5, 5.41) is 16.6. The van der Waals surface area contributed by atoms with Crippen LogP contribution in [0, 0.1) is 11.8 Å². The number of nitrogens with zero attached hydrogens (tertiary/aromatic N) is 2. The van der Waals surface area contributed by atoms with Crippen LogP contribution < -0.4 is 5.73 Å². The molecule has 70 valence electrons. The maximum Gasteiger partial charge on any atom is 0.293 e. The van der Waals surface area contributed by atoms with E-state index >= 15 is 0 Å². The minimum atomic E-state index is -0.787. The van der Waals surface area contributed by atoms with Gasteiger partial charge in [-0.25, -0.2) is 0 Å². The number of aliphatic hydroxyl groups is 1. The molecule has 3 N–H and O–H groups in total. The molecular weight excluding hydrogens is 170 g/mol. The third kappa shape index (κ3) is 2.54. The highest BCUT2D eigenvalue weighted by molar-refractivity contribution is 5.15. The zero-order chi connectivity index (χ0) is 9.68. The number of nitrogens with two attached hydrogens (primary N) is 1. The highest BCUT2D eigenvalue weighted by Crippen LogP contribution is 2.13. The number of aliphatic hydroxyl groups excluding tert-OH is 1. The van der Waals surface area contributed by atoms with E-state index in [1.54, 1.807) is 6.92 Å². The molecule has 1 aromatic heterocycles. The van der Waals surface area contributed by atoms with Gasteiger partial charge in [0.05, 0.1) is 0 Å². The molecule has 0 radical (unpaired) electrons. The standard InChI is InChI=1S/C8H11N3O2/c1-2-3-7-10-11-8(13-7)6(12)4-5-9/h6,12H,4-5,9H2,1H3/t6-/m0/s1. The van der Waals surface area contributed by atoms with Crippen molar-refractivity contribution in [2.24, 2.45) is 5.73 Å². The molecule has 5 nitrogen and oxygen atoms in total. The third-order valence-electron chi connectivity index (χ3n) is 1.40. The average molecular weight is 181 g/mol. The average Bonchev–Trinajstić information content (AvgIpc) is 2.54. The van der Waals surface area contributed by atoms with Crippen molar-refractivity contribution in [2.75, 3.05) is 6.54 Å². The molecule has 0 saturated carbocycles. The van der Waals surface area contributed by atoms with E-state index in [0.29, 0.717) is 13.0 Å². The fraction of sp³-hybridized carbons (Fsp3) is 0.500. The van der Waals surface area contributed by atoms with Gasteiger partial charge in [0.2, 0.25) is 5.89 Å². The van der Waals surface area contributed by atoms with E-state index in [9.17, 15) is 5.11 Å². The molecule has 5 heteroatoms. The Kier molecular flexibility index (Phi) is 3.43. The van der Waals surface area contributed by atoms with Gasteiger partial charge in [-0.15, -0.1) is 5.10 Å². The Labute approximate surface area is 76.0 Å². The molecule has 0 saturated heterocycles. The van der Waals surface area contributed by atoms with E-state index in [0.717, 1.165) is 0 Å².